The molecule has 148 valence electrons. The van der Waals surface area contributed by atoms with Crippen LogP contribution in [0.1, 0.15) is 5.56 Å². The maximum absolute atomic E-state index is 11.7. The highest BCUT2D eigenvalue weighted by Gasteiger charge is 2.25. The molecule has 0 aromatic heterocycles. The van der Waals surface area contributed by atoms with Crippen molar-refractivity contribution in [3.63, 3.8) is 0 Å². The molecule has 1 aromatic rings. The molecule has 1 aromatic carbocycles. The average Bonchev–Trinajstić information content (AvgIpc) is 3.00. The molecule has 1 aliphatic heterocycles. The Labute approximate surface area is 172 Å². The first kappa shape index (κ1) is 21.4. The zero-order valence-corrected chi connectivity index (χ0v) is 17.1. The number of hydrogen-bond acceptors (Lipinski definition) is 9. The third-order valence-corrected chi connectivity index (χ3v) is 4.69. The van der Waals surface area contributed by atoms with Gasteiger partial charge in [-0.15, -0.1) is 5.10 Å². The number of thioether (sulfide) groups is 1. The molecular weight excluding hydrogens is 456 g/mol. The minimum absolute atomic E-state index is 0.152. The highest BCUT2D eigenvalue weighted by Crippen LogP contribution is 2.33. The van der Waals surface area contributed by atoms with Gasteiger partial charge in [0.2, 0.25) is 0 Å². The van der Waals surface area contributed by atoms with Gasteiger partial charge in [0.15, 0.2) is 23.3 Å². The van der Waals surface area contributed by atoms with E-state index in [9.17, 15) is 14.4 Å². The number of halogens is 1. The molecule has 1 heterocycles. The van der Waals surface area contributed by atoms with Crippen LogP contribution in [-0.2, 0) is 19.1 Å². The summed E-state index contributed by atoms with van der Waals surface area (Å²) in [5.74, 6) is -1.03. The van der Waals surface area contributed by atoms with E-state index in [1.807, 2.05) is 0 Å². The lowest BCUT2D eigenvalue weighted by atomic mass is 10.2. The van der Waals surface area contributed by atoms with Crippen LogP contribution in [0.25, 0.3) is 0 Å². The summed E-state index contributed by atoms with van der Waals surface area (Å²) >= 11 is 4.32. The molecule has 10 nitrogen and oxygen atoms in total. The van der Waals surface area contributed by atoms with E-state index in [2.05, 4.69) is 36.2 Å². The zero-order valence-electron chi connectivity index (χ0n) is 14.7. The number of methoxy groups -OCH3 is 2. The smallest absolute Gasteiger partial charge is 0.331 e. The fraction of sp³-hybridized carbons (Fsp3) is 0.188. The topological polar surface area (TPSA) is 142 Å². The molecular formula is C16H15BrN4O6S. The van der Waals surface area contributed by atoms with Crippen LogP contribution < -0.4 is 20.5 Å². The van der Waals surface area contributed by atoms with Crippen LogP contribution >= 0.6 is 27.7 Å². The van der Waals surface area contributed by atoms with Crippen molar-refractivity contribution in [2.45, 2.75) is 0 Å². The number of carbonyl (C=O) groups is 3. The van der Waals surface area contributed by atoms with Gasteiger partial charge in [0.25, 0.3) is 11.8 Å². The van der Waals surface area contributed by atoms with Gasteiger partial charge in [0.1, 0.15) is 0 Å². The first-order valence-electron chi connectivity index (χ1n) is 7.52. The van der Waals surface area contributed by atoms with Crippen molar-refractivity contribution in [1.82, 2.24) is 5.32 Å². The van der Waals surface area contributed by atoms with Crippen LogP contribution in [-0.4, -0.2) is 50.0 Å². The second-order valence-corrected chi connectivity index (χ2v) is 6.90. The highest BCUT2D eigenvalue weighted by molar-refractivity contribution is 9.10. The predicted octanol–water partition coefficient (Wildman–Crippen LogP) is 0.932. The van der Waals surface area contributed by atoms with Crippen LogP contribution in [0, 0.1) is 0 Å². The lowest BCUT2D eigenvalue weighted by Crippen LogP contribution is -2.20. The monoisotopic (exact) mass is 470 g/mol. The van der Waals surface area contributed by atoms with E-state index in [-0.39, 0.29) is 16.7 Å². The molecule has 0 radical (unpaired) electrons. The van der Waals surface area contributed by atoms with E-state index in [0.717, 1.165) is 17.8 Å². The summed E-state index contributed by atoms with van der Waals surface area (Å²) < 4.78 is 15.6. The van der Waals surface area contributed by atoms with Gasteiger partial charge in [-0.25, -0.2) is 4.79 Å². The standard InChI is InChI=1S/C16H15BrN4O6S/c1-25-10-3-8(9(17)4-11(10)27-7-13(18)22)6-19-21-16-20-15(24)12(28-16)5-14(23)26-2/h3-6H,7H2,1-2H3,(H2,18,22)(H,20,21,24)/b12-5+,19-6?. The first-order chi connectivity index (χ1) is 13.3. The van der Waals surface area contributed by atoms with Crippen molar-refractivity contribution < 1.29 is 28.6 Å². The summed E-state index contributed by atoms with van der Waals surface area (Å²) in [5, 5.41) is 10.5. The highest BCUT2D eigenvalue weighted by atomic mass is 79.9. The molecule has 2 rings (SSSR count). The van der Waals surface area contributed by atoms with Gasteiger partial charge in [-0.05, 0) is 39.8 Å². The summed E-state index contributed by atoms with van der Waals surface area (Å²) in [7, 11) is 2.66. The van der Waals surface area contributed by atoms with Gasteiger partial charge in [-0.1, -0.05) is 0 Å². The van der Waals surface area contributed by atoms with Gasteiger partial charge >= 0.3 is 5.97 Å². The Hall–Kier alpha value is -2.86. The number of amides is 2. The van der Waals surface area contributed by atoms with Gasteiger partial charge in [0.05, 0.1) is 25.3 Å². The number of nitrogens with two attached hydrogens (primary N) is 1. The summed E-state index contributed by atoms with van der Waals surface area (Å²) in [6.07, 6.45) is 2.49. The molecule has 1 aliphatic rings. The largest absolute Gasteiger partial charge is 0.493 e. The molecule has 28 heavy (non-hydrogen) atoms. The molecule has 0 unspecified atom stereocenters. The van der Waals surface area contributed by atoms with Gasteiger partial charge in [-0.3, -0.25) is 14.9 Å². The maximum atomic E-state index is 11.7. The minimum Gasteiger partial charge on any atom is -0.493 e. The number of rotatable bonds is 7. The van der Waals surface area contributed by atoms with Gasteiger partial charge in [0, 0.05) is 16.1 Å². The number of ether oxygens (including phenoxy) is 3. The Balaban J connectivity index is 2.15. The number of nitrogens with one attached hydrogen (secondary N) is 1. The quantitative estimate of drug-likeness (QED) is 0.261. The summed E-state index contributed by atoms with van der Waals surface area (Å²) in [6, 6.07) is 3.21. The average molecular weight is 471 g/mol. The molecule has 12 heteroatoms. The number of esters is 1. The molecule has 1 saturated heterocycles. The number of benzene rings is 1. The number of hydrogen-bond donors (Lipinski definition) is 2. The maximum Gasteiger partial charge on any atom is 0.331 e. The first-order valence-corrected chi connectivity index (χ1v) is 9.13. The normalized spacial score (nSPS) is 16.5. The van der Waals surface area contributed by atoms with Crippen molar-refractivity contribution in [2.75, 3.05) is 20.8 Å². The van der Waals surface area contributed by atoms with Crippen LogP contribution in [0.2, 0.25) is 0 Å². The Kier molecular flexibility index (Phi) is 7.58. The predicted molar refractivity (Wildman–Crippen MR) is 106 cm³/mol. The van der Waals surface area contributed by atoms with Crippen LogP contribution in [0.5, 0.6) is 11.5 Å². The van der Waals surface area contributed by atoms with Crippen LogP contribution in [0.4, 0.5) is 0 Å². The zero-order chi connectivity index (χ0) is 20.7. The van der Waals surface area contributed by atoms with Gasteiger partial charge in [-0.2, -0.15) is 5.10 Å². The summed E-state index contributed by atoms with van der Waals surface area (Å²) in [5.41, 5.74) is 5.67. The van der Waals surface area contributed by atoms with E-state index in [1.54, 1.807) is 12.1 Å². The van der Waals surface area contributed by atoms with Crippen LogP contribution in [0.15, 0.2) is 37.8 Å². The fourth-order valence-electron chi connectivity index (χ4n) is 1.86. The van der Waals surface area contributed by atoms with Crippen molar-refractivity contribution in [1.29, 1.82) is 0 Å². The molecule has 3 N–H and O–H groups in total. The van der Waals surface area contributed by atoms with E-state index in [1.165, 1.54) is 20.4 Å². The molecule has 2 amide bonds. The second-order valence-electron chi connectivity index (χ2n) is 5.02. The van der Waals surface area contributed by atoms with Crippen LogP contribution in [0.3, 0.4) is 0 Å². The molecule has 0 spiro atoms. The number of amidine groups is 1. The lowest BCUT2D eigenvalue weighted by Gasteiger charge is -2.11. The number of primary amides is 1. The molecule has 0 atom stereocenters. The SMILES string of the molecule is COC(=O)/C=C1/S/C(=N\N=Cc2cc(OC)c(OCC(N)=O)cc2Br)NC1=O. The molecule has 0 bridgehead atoms. The minimum atomic E-state index is -0.642. The fourth-order valence-corrected chi connectivity index (χ4v) is 3.02. The Morgan fingerprint density at radius 3 is 2.71 bits per heavy atom. The molecule has 1 fully saturated rings. The van der Waals surface area contributed by atoms with Crippen molar-refractivity contribution >= 4 is 56.9 Å². The second kappa shape index (κ2) is 9.90. The summed E-state index contributed by atoms with van der Waals surface area (Å²) in [4.78, 5) is 34.0. The molecule has 0 aliphatic carbocycles. The van der Waals surface area contributed by atoms with Crippen molar-refractivity contribution in [3.8, 4) is 11.5 Å². The summed E-state index contributed by atoms with van der Waals surface area (Å²) in [6.45, 7) is -0.289. The Morgan fingerprint density at radius 1 is 1.32 bits per heavy atom. The third kappa shape index (κ3) is 5.82. The van der Waals surface area contributed by atoms with E-state index in [0.29, 0.717) is 21.5 Å². The van der Waals surface area contributed by atoms with Crippen molar-refractivity contribution in [3.05, 3.63) is 33.2 Å². The van der Waals surface area contributed by atoms with E-state index >= 15 is 0 Å². The lowest BCUT2D eigenvalue weighted by molar-refractivity contribution is -0.135. The number of carbonyl (C=O) groups excluding carboxylic acids is 3. The van der Waals surface area contributed by atoms with E-state index in [4.69, 9.17) is 15.2 Å². The van der Waals surface area contributed by atoms with E-state index < -0.39 is 17.8 Å². The third-order valence-electron chi connectivity index (χ3n) is 3.10. The number of nitrogens with zero attached hydrogens (tertiary/aromatic N) is 2. The molecule has 0 saturated carbocycles. The van der Waals surface area contributed by atoms with Crippen molar-refractivity contribution in [2.24, 2.45) is 15.9 Å². The Bertz CT molecular complexity index is 899. The Morgan fingerprint density at radius 2 is 2.07 bits per heavy atom. The van der Waals surface area contributed by atoms with Gasteiger partial charge < -0.3 is 19.9 Å².